The molecular weight excluding hydrogens is 186 g/mol. The van der Waals surface area contributed by atoms with Gasteiger partial charge in [0.25, 0.3) is 5.69 Å². The van der Waals surface area contributed by atoms with Crippen LogP contribution in [0.1, 0.15) is 5.56 Å². The van der Waals surface area contributed by atoms with Crippen LogP contribution in [0.4, 0.5) is 5.69 Å². The molecule has 5 nitrogen and oxygen atoms in total. The van der Waals surface area contributed by atoms with E-state index >= 15 is 0 Å². The third-order valence-electron chi connectivity index (χ3n) is 1.71. The molecule has 0 N–H and O–H groups in total. The van der Waals surface area contributed by atoms with Gasteiger partial charge in [-0.15, -0.1) is 0 Å². The molecule has 0 atom stereocenters. The third-order valence-corrected chi connectivity index (χ3v) is 1.71. The minimum Gasteiger partial charge on any atom is -0.496 e. The van der Waals surface area contributed by atoms with Crippen molar-refractivity contribution in [3.05, 3.63) is 33.9 Å². The summed E-state index contributed by atoms with van der Waals surface area (Å²) in [5.74, 6) is 0.464. The zero-order valence-electron chi connectivity index (χ0n) is 8.02. The average Bonchev–Trinajstić information content (AvgIpc) is 2.17. The number of nitro benzene ring substituents is 1. The molecule has 0 heterocycles. The predicted octanol–water partition coefficient (Wildman–Crippen LogP) is 1.75. The molecule has 0 radical (unpaired) electrons. The Kier molecular flexibility index (Phi) is 3.41. The van der Waals surface area contributed by atoms with Crippen molar-refractivity contribution in [3.63, 3.8) is 0 Å². The van der Waals surface area contributed by atoms with Gasteiger partial charge in [0.1, 0.15) is 5.75 Å². The molecule has 0 spiro atoms. The van der Waals surface area contributed by atoms with Gasteiger partial charge in [0.2, 0.25) is 0 Å². The Morgan fingerprint density at radius 1 is 1.36 bits per heavy atom. The van der Waals surface area contributed by atoms with Gasteiger partial charge in [-0.05, 0) is 11.6 Å². The van der Waals surface area contributed by atoms with E-state index in [1.165, 1.54) is 26.4 Å². The van der Waals surface area contributed by atoms with Crippen LogP contribution in [0, 0.1) is 10.1 Å². The summed E-state index contributed by atoms with van der Waals surface area (Å²) in [4.78, 5) is 10.1. The molecule has 0 bridgehead atoms. The number of nitro groups is 1. The number of nitrogens with zero attached hydrogens (tertiary/aromatic N) is 1. The molecule has 0 fully saturated rings. The molecule has 0 saturated heterocycles. The normalized spacial score (nSPS) is 9.86. The number of methoxy groups -OCH3 is 2. The van der Waals surface area contributed by atoms with E-state index in [0.29, 0.717) is 12.4 Å². The first-order chi connectivity index (χ1) is 6.67. The van der Waals surface area contributed by atoms with Crippen LogP contribution in [0.5, 0.6) is 5.75 Å². The average molecular weight is 197 g/mol. The van der Waals surface area contributed by atoms with E-state index in [1.54, 1.807) is 6.07 Å². The van der Waals surface area contributed by atoms with Gasteiger partial charge in [-0.3, -0.25) is 10.1 Å². The fraction of sp³-hybridized carbons (Fsp3) is 0.333. The number of hydrogen-bond donors (Lipinski definition) is 0. The summed E-state index contributed by atoms with van der Waals surface area (Å²) in [5.41, 5.74) is 0.731. The highest BCUT2D eigenvalue weighted by molar-refractivity contribution is 5.42. The molecule has 1 rings (SSSR count). The molecule has 1 aromatic rings. The summed E-state index contributed by atoms with van der Waals surface area (Å²) in [6.07, 6.45) is 0. The molecule has 0 amide bonds. The van der Waals surface area contributed by atoms with Crippen LogP contribution >= 0.6 is 0 Å². The van der Waals surface area contributed by atoms with Crippen LogP contribution in [0.2, 0.25) is 0 Å². The second kappa shape index (κ2) is 4.57. The van der Waals surface area contributed by atoms with Crippen molar-refractivity contribution >= 4 is 5.69 Å². The first kappa shape index (κ1) is 10.5. The minimum atomic E-state index is -0.457. The van der Waals surface area contributed by atoms with Crippen molar-refractivity contribution in [2.45, 2.75) is 6.61 Å². The van der Waals surface area contributed by atoms with Crippen LogP contribution in [0.25, 0.3) is 0 Å². The Balaban J connectivity index is 3.06. The Hall–Kier alpha value is -1.62. The van der Waals surface area contributed by atoms with Crippen molar-refractivity contribution in [2.24, 2.45) is 0 Å². The van der Waals surface area contributed by atoms with Gasteiger partial charge in [-0.2, -0.15) is 0 Å². The van der Waals surface area contributed by atoms with Crippen molar-refractivity contribution in [2.75, 3.05) is 14.2 Å². The molecule has 0 saturated carbocycles. The number of benzene rings is 1. The minimum absolute atomic E-state index is 0.0106. The molecule has 14 heavy (non-hydrogen) atoms. The zero-order chi connectivity index (χ0) is 10.6. The summed E-state index contributed by atoms with van der Waals surface area (Å²) in [6, 6.07) is 4.54. The smallest absolute Gasteiger partial charge is 0.273 e. The van der Waals surface area contributed by atoms with Crippen molar-refractivity contribution in [1.82, 2.24) is 0 Å². The first-order valence-electron chi connectivity index (χ1n) is 3.98. The van der Waals surface area contributed by atoms with E-state index < -0.39 is 4.92 Å². The Bertz CT molecular complexity index is 338. The van der Waals surface area contributed by atoms with Crippen LogP contribution < -0.4 is 4.74 Å². The maximum Gasteiger partial charge on any atom is 0.273 e. The molecule has 1 aromatic carbocycles. The van der Waals surface area contributed by atoms with Crippen LogP contribution in [0.3, 0.4) is 0 Å². The highest BCUT2D eigenvalue weighted by Gasteiger charge is 2.09. The summed E-state index contributed by atoms with van der Waals surface area (Å²) in [5, 5.41) is 10.5. The maximum absolute atomic E-state index is 10.5. The standard InChI is InChI=1S/C9H11NO4/c1-13-6-7-3-8(10(11)12)5-9(4-7)14-2/h3-5H,6H2,1-2H3. The summed E-state index contributed by atoms with van der Waals surface area (Å²) >= 11 is 0. The molecule has 0 aromatic heterocycles. The van der Waals surface area contributed by atoms with Gasteiger partial charge in [0.15, 0.2) is 0 Å². The van der Waals surface area contributed by atoms with E-state index in [0.717, 1.165) is 5.56 Å². The van der Waals surface area contributed by atoms with Crippen LogP contribution in [-0.2, 0) is 11.3 Å². The Morgan fingerprint density at radius 3 is 2.57 bits per heavy atom. The highest BCUT2D eigenvalue weighted by atomic mass is 16.6. The summed E-state index contributed by atoms with van der Waals surface area (Å²) in [6.45, 7) is 0.331. The van der Waals surface area contributed by atoms with E-state index in [9.17, 15) is 10.1 Å². The van der Waals surface area contributed by atoms with Gasteiger partial charge in [0.05, 0.1) is 24.7 Å². The van der Waals surface area contributed by atoms with Gasteiger partial charge in [0, 0.05) is 13.2 Å². The number of ether oxygens (including phenoxy) is 2. The van der Waals surface area contributed by atoms with Crippen LogP contribution in [0.15, 0.2) is 18.2 Å². The maximum atomic E-state index is 10.5. The van der Waals surface area contributed by atoms with E-state index in [1.807, 2.05) is 0 Å². The summed E-state index contributed by atoms with van der Waals surface area (Å²) in [7, 11) is 3.00. The lowest BCUT2D eigenvalue weighted by atomic mass is 10.2. The van der Waals surface area contributed by atoms with Gasteiger partial charge in [-0.1, -0.05) is 0 Å². The van der Waals surface area contributed by atoms with Crippen molar-refractivity contribution < 1.29 is 14.4 Å². The van der Waals surface area contributed by atoms with Gasteiger partial charge < -0.3 is 9.47 Å². The number of non-ortho nitro benzene ring substituents is 1. The number of hydrogen-bond acceptors (Lipinski definition) is 4. The highest BCUT2D eigenvalue weighted by Crippen LogP contribution is 2.22. The second-order valence-corrected chi connectivity index (χ2v) is 2.73. The molecular formula is C9H11NO4. The lowest BCUT2D eigenvalue weighted by Crippen LogP contribution is -1.94. The van der Waals surface area contributed by atoms with Crippen molar-refractivity contribution in [3.8, 4) is 5.75 Å². The van der Waals surface area contributed by atoms with Crippen molar-refractivity contribution in [1.29, 1.82) is 0 Å². The molecule has 0 aliphatic heterocycles. The second-order valence-electron chi connectivity index (χ2n) is 2.73. The third kappa shape index (κ3) is 2.43. The predicted molar refractivity (Wildman–Crippen MR) is 50.4 cm³/mol. The summed E-state index contributed by atoms with van der Waals surface area (Å²) < 4.78 is 9.82. The quantitative estimate of drug-likeness (QED) is 0.545. The van der Waals surface area contributed by atoms with Gasteiger partial charge >= 0.3 is 0 Å². The topological polar surface area (TPSA) is 61.6 Å². The van der Waals surface area contributed by atoms with Crippen LogP contribution in [-0.4, -0.2) is 19.1 Å². The number of rotatable bonds is 4. The van der Waals surface area contributed by atoms with Gasteiger partial charge in [-0.25, -0.2) is 0 Å². The molecule has 76 valence electrons. The first-order valence-corrected chi connectivity index (χ1v) is 3.98. The largest absolute Gasteiger partial charge is 0.496 e. The molecule has 0 aliphatic rings. The van der Waals surface area contributed by atoms with E-state index in [4.69, 9.17) is 9.47 Å². The zero-order valence-corrected chi connectivity index (χ0v) is 8.02. The molecule has 0 unspecified atom stereocenters. The Morgan fingerprint density at radius 2 is 2.07 bits per heavy atom. The fourth-order valence-electron chi connectivity index (χ4n) is 1.12. The SMILES string of the molecule is COCc1cc(OC)cc([N+](=O)[O-])c1. The lowest BCUT2D eigenvalue weighted by Gasteiger charge is -2.03. The monoisotopic (exact) mass is 197 g/mol. The van der Waals surface area contributed by atoms with E-state index in [-0.39, 0.29) is 5.69 Å². The lowest BCUT2D eigenvalue weighted by molar-refractivity contribution is -0.385. The molecule has 5 heteroatoms. The Labute approximate surface area is 81.4 Å². The fourth-order valence-corrected chi connectivity index (χ4v) is 1.12. The van der Waals surface area contributed by atoms with E-state index in [2.05, 4.69) is 0 Å². The molecule has 0 aliphatic carbocycles.